The van der Waals surface area contributed by atoms with Gasteiger partial charge in [0.25, 0.3) is 0 Å². The van der Waals surface area contributed by atoms with Crippen LogP contribution in [-0.2, 0) is 6.42 Å². The van der Waals surface area contributed by atoms with Gasteiger partial charge < -0.3 is 5.32 Å². The lowest BCUT2D eigenvalue weighted by molar-refractivity contribution is 0.400. The van der Waals surface area contributed by atoms with Gasteiger partial charge in [-0.3, -0.25) is 0 Å². The molecule has 0 bridgehead atoms. The summed E-state index contributed by atoms with van der Waals surface area (Å²) in [6.45, 7) is 5.37. The standard InChI is InChI=1S/C14H23N3/c1-3-6-12-10-13(15-9-4-2)17-14(16-12)11-7-5-8-11/h10-11H,3-9H2,1-2H3,(H,15,16,17). The number of hydrogen-bond donors (Lipinski definition) is 1. The number of anilines is 1. The summed E-state index contributed by atoms with van der Waals surface area (Å²) in [5.41, 5.74) is 1.20. The van der Waals surface area contributed by atoms with Crippen LogP contribution in [0.4, 0.5) is 5.82 Å². The Morgan fingerprint density at radius 2 is 2.06 bits per heavy atom. The molecule has 0 radical (unpaired) electrons. The first kappa shape index (κ1) is 12.3. The topological polar surface area (TPSA) is 37.8 Å². The molecule has 3 heteroatoms. The molecule has 0 aromatic carbocycles. The predicted molar refractivity (Wildman–Crippen MR) is 71.4 cm³/mol. The number of rotatable bonds is 6. The van der Waals surface area contributed by atoms with Gasteiger partial charge in [-0.05, 0) is 25.7 Å². The van der Waals surface area contributed by atoms with Gasteiger partial charge in [-0.2, -0.15) is 0 Å². The summed E-state index contributed by atoms with van der Waals surface area (Å²) < 4.78 is 0. The summed E-state index contributed by atoms with van der Waals surface area (Å²) in [7, 11) is 0. The molecule has 1 aromatic rings. The summed E-state index contributed by atoms with van der Waals surface area (Å²) in [5, 5.41) is 3.39. The van der Waals surface area contributed by atoms with Crippen molar-refractivity contribution in [3.8, 4) is 0 Å². The Morgan fingerprint density at radius 1 is 1.24 bits per heavy atom. The van der Waals surface area contributed by atoms with Crippen molar-refractivity contribution in [2.75, 3.05) is 11.9 Å². The molecule has 0 aliphatic heterocycles. The zero-order valence-electron chi connectivity index (χ0n) is 11.0. The highest BCUT2D eigenvalue weighted by molar-refractivity contribution is 5.36. The van der Waals surface area contributed by atoms with Crippen LogP contribution in [0.2, 0.25) is 0 Å². The lowest BCUT2D eigenvalue weighted by Gasteiger charge is -2.24. The van der Waals surface area contributed by atoms with E-state index in [4.69, 9.17) is 4.98 Å². The first-order chi connectivity index (χ1) is 8.33. The van der Waals surface area contributed by atoms with Crippen molar-refractivity contribution < 1.29 is 0 Å². The van der Waals surface area contributed by atoms with E-state index in [-0.39, 0.29) is 0 Å². The van der Waals surface area contributed by atoms with Gasteiger partial charge in [0.2, 0.25) is 0 Å². The van der Waals surface area contributed by atoms with Gasteiger partial charge in [0.15, 0.2) is 0 Å². The molecular formula is C14H23N3. The zero-order valence-corrected chi connectivity index (χ0v) is 11.0. The normalized spacial score (nSPS) is 15.6. The third-order valence-corrected chi connectivity index (χ3v) is 3.33. The SMILES string of the molecule is CCCNc1cc(CCC)nc(C2CCC2)n1. The Balaban J connectivity index is 2.15. The van der Waals surface area contributed by atoms with Crippen LogP contribution in [0.1, 0.15) is 63.4 Å². The summed E-state index contributed by atoms with van der Waals surface area (Å²) in [4.78, 5) is 9.36. The predicted octanol–water partition coefficient (Wildman–Crippen LogP) is 3.52. The van der Waals surface area contributed by atoms with Crippen molar-refractivity contribution in [3.05, 3.63) is 17.6 Å². The fraction of sp³-hybridized carbons (Fsp3) is 0.714. The maximum Gasteiger partial charge on any atom is 0.134 e. The van der Waals surface area contributed by atoms with Crippen molar-refractivity contribution in [2.45, 2.75) is 58.3 Å². The van der Waals surface area contributed by atoms with Crippen molar-refractivity contribution >= 4 is 5.82 Å². The van der Waals surface area contributed by atoms with Crippen molar-refractivity contribution in [1.29, 1.82) is 0 Å². The molecule has 0 saturated heterocycles. The van der Waals surface area contributed by atoms with E-state index in [0.717, 1.165) is 37.4 Å². The van der Waals surface area contributed by atoms with E-state index in [0.29, 0.717) is 5.92 Å². The van der Waals surface area contributed by atoms with Gasteiger partial charge in [0.1, 0.15) is 11.6 Å². The zero-order chi connectivity index (χ0) is 12.1. The van der Waals surface area contributed by atoms with Gasteiger partial charge in [-0.25, -0.2) is 9.97 Å². The Kier molecular flexibility index (Phi) is 4.35. The molecule has 94 valence electrons. The van der Waals surface area contributed by atoms with Crippen molar-refractivity contribution in [2.24, 2.45) is 0 Å². The molecule has 1 aromatic heterocycles. The smallest absolute Gasteiger partial charge is 0.134 e. The highest BCUT2D eigenvalue weighted by Crippen LogP contribution is 2.34. The van der Waals surface area contributed by atoms with Gasteiger partial charge in [-0.1, -0.05) is 26.7 Å². The van der Waals surface area contributed by atoms with Crippen LogP contribution < -0.4 is 5.32 Å². The Bertz CT molecular complexity index is 358. The monoisotopic (exact) mass is 233 g/mol. The summed E-state index contributed by atoms with van der Waals surface area (Å²) in [6, 6.07) is 2.11. The lowest BCUT2D eigenvalue weighted by Crippen LogP contribution is -2.15. The number of aromatic nitrogens is 2. The molecule has 0 unspecified atom stereocenters. The van der Waals surface area contributed by atoms with Crippen molar-refractivity contribution in [3.63, 3.8) is 0 Å². The molecule has 0 atom stereocenters. The number of aryl methyl sites for hydroxylation is 1. The van der Waals surface area contributed by atoms with E-state index in [1.54, 1.807) is 0 Å². The van der Waals surface area contributed by atoms with E-state index in [1.165, 1.54) is 25.0 Å². The van der Waals surface area contributed by atoms with E-state index >= 15 is 0 Å². The molecule has 2 rings (SSSR count). The minimum atomic E-state index is 0.619. The number of nitrogens with zero attached hydrogens (tertiary/aromatic N) is 2. The van der Waals surface area contributed by atoms with E-state index in [1.807, 2.05) is 0 Å². The lowest BCUT2D eigenvalue weighted by atomic mass is 9.85. The minimum Gasteiger partial charge on any atom is -0.370 e. The maximum atomic E-state index is 4.70. The molecular weight excluding hydrogens is 210 g/mol. The summed E-state index contributed by atoms with van der Waals surface area (Å²) in [5.74, 6) is 2.71. The fourth-order valence-corrected chi connectivity index (χ4v) is 2.09. The second-order valence-corrected chi connectivity index (χ2v) is 4.91. The molecule has 3 nitrogen and oxygen atoms in total. The molecule has 1 saturated carbocycles. The largest absolute Gasteiger partial charge is 0.370 e. The van der Waals surface area contributed by atoms with Crippen LogP contribution in [0.3, 0.4) is 0 Å². The average molecular weight is 233 g/mol. The fourth-order valence-electron chi connectivity index (χ4n) is 2.09. The molecule has 0 amide bonds. The van der Waals surface area contributed by atoms with Crippen LogP contribution in [0.5, 0.6) is 0 Å². The molecule has 17 heavy (non-hydrogen) atoms. The molecule has 1 N–H and O–H groups in total. The van der Waals surface area contributed by atoms with Gasteiger partial charge in [0.05, 0.1) is 0 Å². The van der Waals surface area contributed by atoms with Gasteiger partial charge >= 0.3 is 0 Å². The van der Waals surface area contributed by atoms with Crippen LogP contribution in [-0.4, -0.2) is 16.5 Å². The average Bonchev–Trinajstić information content (AvgIpc) is 2.24. The first-order valence-electron chi connectivity index (χ1n) is 6.95. The second kappa shape index (κ2) is 5.99. The van der Waals surface area contributed by atoms with Crippen LogP contribution in [0.25, 0.3) is 0 Å². The highest BCUT2D eigenvalue weighted by atomic mass is 15.0. The van der Waals surface area contributed by atoms with Crippen LogP contribution >= 0.6 is 0 Å². The number of hydrogen-bond acceptors (Lipinski definition) is 3. The summed E-state index contributed by atoms with van der Waals surface area (Å²) >= 11 is 0. The van der Waals surface area contributed by atoms with E-state index in [2.05, 4.69) is 30.2 Å². The molecule has 0 spiro atoms. The Morgan fingerprint density at radius 3 is 2.65 bits per heavy atom. The molecule has 1 aliphatic carbocycles. The van der Waals surface area contributed by atoms with Gasteiger partial charge in [0, 0.05) is 24.2 Å². The van der Waals surface area contributed by atoms with Crippen LogP contribution in [0, 0.1) is 0 Å². The minimum absolute atomic E-state index is 0.619. The molecule has 1 aliphatic rings. The maximum absolute atomic E-state index is 4.70. The highest BCUT2D eigenvalue weighted by Gasteiger charge is 2.23. The Hall–Kier alpha value is -1.12. The molecule has 1 heterocycles. The quantitative estimate of drug-likeness (QED) is 0.817. The second-order valence-electron chi connectivity index (χ2n) is 4.91. The van der Waals surface area contributed by atoms with Crippen LogP contribution in [0.15, 0.2) is 6.07 Å². The molecule has 1 fully saturated rings. The van der Waals surface area contributed by atoms with Crippen molar-refractivity contribution in [1.82, 2.24) is 9.97 Å². The third-order valence-electron chi connectivity index (χ3n) is 3.33. The Labute approximate surface area is 104 Å². The third kappa shape index (κ3) is 3.18. The van der Waals surface area contributed by atoms with E-state index < -0.39 is 0 Å². The number of nitrogens with one attached hydrogen (secondary N) is 1. The first-order valence-corrected chi connectivity index (χ1v) is 6.95. The van der Waals surface area contributed by atoms with Gasteiger partial charge in [-0.15, -0.1) is 0 Å². The summed E-state index contributed by atoms with van der Waals surface area (Å²) in [6.07, 6.45) is 7.21. The van der Waals surface area contributed by atoms with E-state index in [9.17, 15) is 0 Å².